The Morgan fingerprint density at radius 1 is 1.00 bits per heavy atom. The van der Waals surface area contributed by atoms with Crippen LogP contribution in [-0.2, 0) is 11.3 Å². The first kappa shape index (κ1) is 15.4. The van der Waals surface area contributed by atoms with E-state index in [0.29, 0.717) is 10.6 Å². The minimum Gasteiger partial charge on any atom is -0.379 e. The maximum absolute atomic E-state index is 12.5. The Hall–Kier alpha value is -2.08. The maximum atomic E-state index is 12.5. The minimum absolute atomic E-state index is 0.128. The summed E-state index contributed by atoms with van der Waals surface area (Å²) >= 11 is 6.05. The quantitative estimate of drug-likeness (QED) is 0.876. The van der Waals surface area contributed by atoms with Crippen LogP contribution in [0.4, 0.5) is 17.1 Å². The Labute approximate surface area is 145 Å². The first-order valence-corrected chi connectivity index (χ1v) is 8.38. The average Bonchev–Trinajstić information content (AvgIpc) is 2.71. The molecule has 2 aliphatic rings. The van der Waals surface area contributed by atoms with Crippen molar-refractivity contribution in [2.45, 2.75) is 6.54 Å². The SMILES string of the molecule is O=C1Nc2cc(CN3CCOCC3)ccc2Nc2cc(Cl)ccc21. The Morgan fingerprint density at radius 2 is 1.83 bits per heavy atom. The lowest BCUT2D eigenvalue weighted by Gasteiger charge is -2.26. The summed E-state index contributed by atoms with van der Waals surface area (Å²) in [5, 5.41) is 6.89. The van der Waals surface area contributed by atoms with Crippen molar-refractivity contribution in [3.63, 3.8) is 0 Å². The molecular weight excluding hydrogens is 326 g/mol. The molecule has 6 heteroatoms. The van der Waals surface area contributed by atoms with Gasteiger partial charge < -0.3 is 15.4 Å². The Kier molecular flexibility index (Phi) is 4.14. The highest BCUT2D eigenvalue weighted by atomic mass is 35.5. The van der Waals surface area contributed by atoms with Crippen molar-refractivity contribution < 1.29 is 9.53 Å². The maximum Gasteiger partial charge on any atom is 0.257 e. The third-order valence-corrected chi connectivity index (χ3v) is 4.57. The topological polar surface area (TPSA) is 53.6 Å². The first-order valence-electron chi connectivity index (χ1n) is 8.00. The van der Waals surface area contributed by atoms with Crippen LogP contribution in [0.5, 0.6) is 0 Å². The molecule has 0 unspecified atom stereocenters. The number of amides is 1. The van der Waals surface area contributed by atoms with E-state index < -0.39 is 0 Å². The van der Waals surface area contributed by atoms with Gasteiger partial charge in [-0.2, -0.15) is 0 Å². The van der Waals surface area contributed by atoms with E-state index in [1.807, 2.05) is 12.1 Å². The van der Waals surface area contributed by atoms with Gasteiger partial charge >= 0.3 is 0 Å². The van der Waals surface area contributed by atoms with Gasteiger partial charge in [-0.15, -0.1) is 0 Å². The standard InChI is InChI=1S/C18H18ClN3O2/c19-13-2-3-14-16(10-13)20-15-4-1-12(9-17(15)21-18(14)23)11-22-5-7-24-8-6-22/h1-4,9-10,20H,5-8,11H2,(H,21,23). The van der Waals surface area contributed by atoms with E-state index in [4.69, 9.17) is 16.3 Å². The molecular formula is C18H18ClN3O2. The van der Waals surface area contributed by atoms with Crippen LogP contribution < -0.4 is 10.6 Å². The van der Waals surface area contributed by atoms with Gasteiger partial charge in [0.2, 0.25) is 0 Å². The average molecular weight is 344 g/mol. The second-order valence-electron chi connectivity index (χ2n) is 6.04. The summed E-state index contributed by atoms with van der Waals surface area (Å²) in [7, 11) is 0. The molecule has 2 aliphatic heterocycles. The zero-order chi connectivity index (χ0) is 16.5. The van der Waals surface area contributed by atoms with Crippen molar-refractivity contribution in [1.29, 1.82) is 0 Å². The van der Waals surface area contributed by atoms with E-state index >= 15 is 0 Å². The number of hydrogen-bond acceptors (Lipinski definition) is 4. The van der Waals surface area contributed by atoms with E-state index in [1.165, 1.54) is 5.56 Å². The summed E-state index contributed by atoms with van der Waals surface area (Å²) in [4.78, 5) is 14.8. The zero-order valence-corrected chi connectivity index (χ0v) is 13.9. The molecule has 0 aliphatic carbocycles. The number of nitrogens with zero attached hydrogens (tertiary/aromatic N) is 1. The van der Waals surface area contributed by atoms with Crippen LogP contribution in [0.25, 0.3) is 0 Å². The lowest BCUT2D eigenvalue weighted by molar-refractivity contribution is 0.0342. The third-order valence-electron chi connectivity index (χ3n) is 4.34. The zero-order valence-electron chi connectivity index (χ0n) is 13.1. The van der Waals surface area contributed by atoms with Crippen LogP contribution >= 0.6 is 11.6 Å². The largest absolute Gasteiger partial charge is 0.379 e. The lowest BCUT2D eigenvalue weighted by atomic mass is 10.1. The fourth-order valence-corrected chi connectivity index (χ4v) is 3.24. The fraction of sp³-hybridized carbons (Fsp3) is 0.278. The number of halogens is 1. The molecule has 0 saturated carbocycles. The number of nitrogens with one attached hydrogen (secondary N) is 2. The van der Waals surface area contributed by atoms with Gasteiger partial charge in [-0.25, -0.2) is 0 Å². The Balaban J connectivity index is 1.61. The molecule has 5 nitrogen and oxygen atoms in total. The molecule has 0 spiro atoms. The molecule has 1 amide bonds. The summed E-state index contributed by atoms with van der Waals surface area (Å²) in [6, 6.07) is 11.3. The third kappa shape index (κ3) is 3.11. The molecule has 0 aromatic heterocycles. The molecule has 0 atom stereocenters. The highest BCUT2D eigenvalue weighted by molar-refractivity contribution is 6.31. The number of ether oxygens (including phenoxy) is 1. The fourth-order valence-electron chi connectivity index (χ4n) is 3.07. The number of morpholine rings is 1. The second-order valence-corrected chi connectivity index (χ2v) is 6.47. The highest BCUT2D eigenvalue weighted by Crippen LogP contribution is 2.34. The van der Waals surface area contributed by atoms with E-state index in [0.717, 1.165) is 49.9 Å². The van der Waals surface area contributed by atoms with E-state index in [1.54, 1.807) is 18.2 Å². The van der Waals surface area contributed by atoms with Gasteiger partial charge in [0.25, 0.3) is 5.91 Å². The van der Waals surface area contributed by atoms with Crippen LogP contribution in [-0.4, -0.2) is 37.1 Å². The predicted molar refractivity (Wildman–Crippen MR) is 95.2 cm³/mol. The Bertz CT molecular complexity index is 788. The number of carbonyl (C=O) groups is 1. The molecule has 1 fully saturated rings. The molecule has 4 rings (SSSR count). The molecule has 124 valence electrons. The van der Waals surface area contributed by atoms with Gasteiger partial charge in [0.1, 0.15) is 0 Å². The monoisotopic (exact) mass is 343 g/mol. The van der Waals surface area contributed by atoms with Crippen molar-refractivity contribution in [2.24, 2.45) is 0 Å². The number of benzene rings is 2. The van der Waals surface area contributed by atoms with Crippen molar-refractivity contribution in [3.05, 3.63) is 52.5 Å². The lowest BCUT2D eigenvalue weighted by Crippen LogP contribution is -2.35. The van der Waals surface area contributed by atoms with E-state index in [9.17, 15) is 4.79 Å². The summed E-state index contributed by atoms with van der Waals surface area (Å²) in [6.07, 6.45) is 0. The van der Waals surface area contributed by atoms with E-state index in [2.05, 4.69) is 21.6 Å². The molecule has 0 bridgehead atoms. The van der Waals surface area contributed by atoms with Crippen molar-refractivity contribution in [2.75, 3.05) is 36.9 Å². The first-order chi connectivity index (χ1) is 11.7. The van der Waals surface area contributed by atoms with Gasteiger partial charge in [0, 0.05) is 24.7 Å². The molecule has 2 N–H and O–H groups in total. The van der Waals surface area contributed by atoms with Crippen LogP contribution in [0.2, 0.25) is 5.02 Å². The number of anilines is 3. The van der Waals surface area contributed by atoms with Crippen molar-refractivity contribution in [3.8, 4) is 0 Å². The van der Waals surface area contributed by atoms with Crippen molar-refractivity contribution in [1.82, 2.24) is 4.90 Å². The van der Waals surface area contributed by atoms with Gasteiger partial charge in [-0.1, -0.05) is 17.7 Å². The highest BCUT2D eigenvalue weighted by Gasteiger charge is 2.20. The van der Waals surface area contributed by atoms with Crippen LogP contribution in [0.3, 0.4) is 0 Å². The minimum atomic E-state index is -0.128. The Morgan fingerprint density at radius 3 is 2.67 bits per heavy atom. The van der Waals surface area contributed by atoms with Crippen LogP contribution in [0.1, 0.15) is 15.9 Å². The molecule has 24 heavy (non-hydrogen) atoms. The molecule has 1 saturated heterocycles. The van der Waals surface area contributed by atoms with Gasteiger partial charge in [-0.05, 0) is 35.9 Å². The smallest absolute Gasteiger partial charge is 0.257 e. The summed E-state index contributed by atoms with van der Waals surface area (Å²) in [5.74, 6) is -0.128. The number of fused-ring (bicyclic) bond motifs is 2. The van der Waals surface area contributed by atoms with Gasteiger partial charge in [-0.3, -0.25) is 9.69 Å². The van der Waals surface area contributed by atoms with Crippen LogP contribution in [0.15, 0.2) is 36.4 Å². The van der Waals surface area contributed by atoms with Gasteiger partial charge in [0.05, 0.1) is 35.8 Å². The number of carbonyl (C=O) groups excluding carboxylic acids is 1. The normalized spacial score (nSPS) is 17.3. The molecule has 2 aromatic rings. The number of rotatable bonds is 2. The predicted octanol–water partition coefficient (Wildman–Crippen LogP) is 3.48. The molecule has 2 aromatic carbocycles. The summed E-state index contributed by atoms with van der Waals surface area (Å²) in [6.45, 7) is 4.28. The summed E-state index contributed by atoms with van der Waals surface area (Å²) < 4.78 is 5.38. The van der Waals surface area contributed by atoms with Crippen molar-refractivity contribution >= 4 is 34.6 Å². The van der Waals surface area contributed by atoms with Gasteiger partial charge in [0.15, 0.2) is 0 Å². The number of hydrogen-bond donors (Lipinski definition) is 2. The summed E-state index contributed by atoms with van der Waals surface area (Å²) in [5.41, 5.74) is 4.14. The molecule has 2 heterocycles. The molecule has 0 radical (unpaired) electrons. The van der Waals surface area contributed by atoms with Crippen LogP contribution in [0, 0.1) is 0 Å². The second kappa shape index (κ2) is 6.43. The van der Waals surface area contributed by atoms with E-state index in [-0.39, 0.29) is 5.91 Å².